The molecule has 3 rings (SSSR count). The van der Waals surface area contributed by atoms with Gasteiger partial charge in [0.2, 0.25) is 0 Å². The number of methoxy groups -OCH3 is 1. The van der Waals surface area contributed by atoms with Crippen LogP contribution in [-0.2, 0) is 10.0 Å². The van der Waals surface area contributed by atoms with Crippen molar-refractivity contribution in [3.8, 4) is 5.75 Å². The van der Waals surface area contributed by atoms with Gasteiger partial charge >= 0.3 is 0 Å². The first kappa shape index (κ1) is 18.8. The Labute approximate surface area is 157 Å². The highest BCUT2D eigenvalue weighted by molar-refractivity contribution is 7.92. The van der Waals surface area contributed by atoms with Crippen LogP contribution in [0.2, 0.25) is 0 Å². The fourth-order valence-corrected chi connectivity index (χ4v) is 4.30. The van der Waals surface area contributed by atoms with Crippen LogP contribution >= 0.6 is 0 Å². The minimum atomic E-state index is -3.77. The van der Waals surface area contributed by atoms with Crippen LogP contribution in [0.3, 0.4) is 0 Å². The van der Waals surface area contributed by atoms with Gasteiger partial charge in [-0.15, -0.1) is 0 Å². The average molecular weight is 387 g/mol. The van der Waals surface area contributed by atoms with Gasteiger partial charge in [-0.05, 0) is 61.4 Å². The van der Waals surface area contributed by atoms with Crippen LogP contribution in [0, 0.1) is 13.8 Å². The molecule has 0 saturated carbocycles. The zero-order valence-corrected chi connectivity index (χ0v) is 16.3. The van der Waals surface area contributed by atoms with Crippen molar-refractivity contribution in [3.05, 3.63) is 53.2 Å². The number of hydrogen-bond donors (Lipinski definition) is 3. The number of sulfonamides is 1. The van der Waals surface area contributed by atoms with Crippen molar-refractivity contribution in [2.24, 2.45) is 0 Å². The van der Waals surface area contributed by atoms with Gasteiger partial charge in [0.1, 0.15) is 11.4 Å². The largest absolute Gasteiger partial charge is 0.496 e. The molecule has 0 radical (unpaired) electrons. The number of carbonyl (C=O) groups is 1. The Kier molecular flexibility index (Phi) is 4.84. The Hall–Kier alpha value is -3.00. The number of amides is 1. The zero-order valence-electron chi connectivity index (χ0n) is 15.5. The van der Waals surface area contributed by atoms with E-state index in [0.717, 1.165) is 16.5 Å². The number of aromatic nitrogens is 1. The zero-order chi connectivity index (χ0) is 19.8. The molecule has 3 N–H and O–H groups in total. The summed E-state index contributed by atoms with van der Waals surface area (Å²) in [6, 6.07) is 10.0. The van der Waals surface area contributed by atoms with E-state index < -0.39 is 10.0 Å². The number of hydrogen-bond acceptors (Lipinski definition) is 4. The van der Waals surface area contributed by atoms with E-state index in [1.807, 2.05) is 0 Å². The molecule has 0 saturated heterocycles. The maximum Gasteiger partial charge on any atom is 0.267 e. The molecule has 27 heavy (non-hydrogen) atoms. The number of carbonyl (C=O) groups excluding carboxylic acids is 1. The van der Waals surface area contributed by atoms with E-state index in [1.54, 1.807) is 64.4 Å². The van der Waals surface area contributed by atoms with Crippen LogP contribution in [0.15, 0.2) is 41.3 Å². The normalized spacial score (nSPS) is 11.4. The van der Waals surface area contributed by atoms with Crippen LogP contribution in [-0.4, -0.2) is 33.5 Å². The number of H-pyrrole nitrogens is 1. The summed E-state index contributed by atoms with van der Waals surface area (Å²) in [5.41, 5.74) is 2.90. The summed E-state index contributed by atoms with van der Waals surface area (Å²) in [5, 5.41) is 3.28. The summed E-state index contributed by atoms with van der Waals surface area (Å²) in [6.45, 7) is 3.52. The number of aryl methyl sites for hydroxylation is 2. The second-order valence-electron chi connectivity index (χ2n) is 6.26. The highest BCUT2D eigenvalue weighted by atomic mass is 32.2. The maximum absolute atomic E-state index is 12.8. The van der Waals surface area contributed by atoms with Gasteiger partial charge in [-0.1, -0.05) is 0 Å². The number of fused-ring (bicyclic) bond motifs is 1. The molecule has 1 amide bonds. The molecule has 0 aliphatic rings. The van der Waals surface area contributed by atoms with Crippen molar-refractivity contribution in [2.75, 3.05) is 18.9 Å². The summed E-state index contributed by atoms with van der Waals surface area (Å²) in [4.78, 5) is 14.9. The molecule has 0 unspecified atom stereocenters. The lowest BCUT2D eigenvalue weighted by atomic mass is 10.1. The van der Waals surface area contributed by atoms with Crippen LogP contribution in [0.4, 0.5) is 5.69 Å². The van der Waals surface area contributed by atoms with E-state index in [-0.39, 0.29) is 10.8 Å². The second-order valence-corrected chi connectivity index (χ2v) is 7.91. The van der Waals surface area contributed by atoms with Gasteiger partial charge in [0.15, 0.2) is 0 Å². The highest BCUT2D eigenvalue weighted by Crippen LogP contribution is 2.28. The molecule has 0 aliphatic carbocycles. The Bertz CT molecular complexity index is 1130. The van der Waals surface area contributed by atoms with Gasteiger partial charge in [-0.25, -0.2) is 8.42 Å². The van der Waals surface area contributed by atoms with Gasteiger partial charge in [0.05, 0.1) is 12.0 Å². The first-order valence-electron chi connectivity index (χ1n) is 8.28. The standard InChI is InChI=1S/C19H21N3O4S/c1-11-8-18(12(2)7-17(11)26-4)27(24,25)22-14-5-6-15-13(9-14)10-16(21-15)19(23)20-3/h5-10,21-22H,1-4H3,(H,20,23). The van der Waals surface area contributed by atoms with E-state index in [9.17, 15) is 13.2 Å². The first-order chi connectivity index (χ1) is 12.7. The van der Waals surface area contributed by atoms with Gasteiger partial charge < -0.3 is 15.0 Å². The molecule has 0 spiro atoms. The fraction of sp³-hybridized carbons (Fsp3) is 0.211. The number of aromatic amines is 1. The third kappa shape index (κ3) is 3.61. The molecule has 1 heterocycles. The topological polar surface area (TPSA) is 100 Å². The van der Waals surface area contributed by atoms with Gasteiger partial charge in [0, 0.05) is 23.6 Å². The second kappa shape index (κ2) is 6.96. The summed E-state index contributed by atoms with van der Waals surface area (Å²) >= 11 is 0. The van der Waals surface area contributed by atoms with E-state index in [0.29, 0.717) is 22.7 Å². The SMILES string of the molecule is CNC(=O)c1cc2cc(NS(=O)(=O)c3cc(C)c(OC)cc3C)ccc2[nH]1. The van der Waals surface area contributed by atoms with E-state index in [4.69, 9.17) is 4.74 Å². The smallest absolute Gasteiger partial charge is 0.267 e. The van der Waals surface area contributed by atoms with Crippen molar-refractivity contribution in [2.45, 2.75) is 18.7 Å². The van der Waals surface area contributed by atoms with Crippen molar-refractivity contribution in [1.82, 2.24) is 10.3 Å². The molecule has 0 aliphatic heterocycles. The lowest BCUT2D eigenvalue weighted by Gasteiger charge is -2.13. The average Bonchev–Trinajstić information content (AvgIpc) is 3.05. The van der Waals surface area contributed by atoms with Crippen molar-refractivity contribution >= 4 is 32.5 Å². The Morgan fingerprint density at radius 2 is 1.81 bits per heavy atom. The van der Waals surface area contributed by atoms with Crippen LogP contribution in [0.5, 0.6) is 5.75 Å². The molecule has 1 aromatic heterocycles. The van der Waals surface area contributed by atoms with Crippen molar-refractivity contribution in [1.29, 1.82) is 0 Å². The highest BCUT2D eigenvalue weighted by Gasteiger charge is 2.19. The summed E-state index contributed by atoms with van der Waals surface area (Å²) < 4.78 is 33.5. The van der Waals surface area contributed by atoms with Crippen LogP contribution < -0.4 is 14.8 Å². The summed E-state index contributed by atoms with van der Waals surface area (Å²) in [6.07, 6.45) is 0. The third-order valence-electron chi connectivity index (χ3n) is 4.33. The number of ether oxygens (including phenoxy) is 1. The maximum atomic E-state index is 12.8. The monoisotopic (exact) mass is 387 g/mol. The summed E-state index contributed by atoms with van der Waals surface area (Å²) in [5.74, 6) is 0.402. The van der Waals surface area contributed by atoms with E-state index >= 15 is 0 Å². The van der Waals surface area contributed by atoms with Gasteiger partial charge in [-0.2, -0.15) is 0 Å². The molecular formula is C19H21N3O4S. The molecule has 142 valence electrons. The molecule has 0 fully saturated rings. The molecule has 8 heteroatoms. The molecule has 0 bridgehead atoms. The lowest BCUT2D eigenvalue weighted by molar-refractivity contribution is 0.0959. The van der Waals surface area contributed by atoms with E-state index in [2.05, 4.69) is 15.0 Å². The summed E-state index contributed by atoms with van der Waals surface area (Å²) in [7, 11) is -0.672. The molecule has 2 aromatic carbocycles. The number of anilines is 1. The Morgan fingerprint density at radius 1 is 1.07 bits per heavy atom. The Morgan fingerprint density at radius 3 is 2.48 bits per heavy atom. The Balaban J connectivity index is 1.96. The lowest BCUT2D eigenvalue weighted by Crippen LogP contribution is -2.17. The number of nitrogens with one attached hydrogen (secondary N) is 3. The van der Waals surface area contributed by atoms with Gasteiger partial charge in [0.25, 0.3) is 15.9 Å². The molecular weight excluding hydrogens is 366 g/mol. The minimum absolute atomic E-state index is 0.195. The van der Waals surface area contributed by atoms with Crippen molar-refractivity contribution in [3.63, 3.8) is 0 Å². The predicted octanol–water partition coefficient (Wildman–Crippen LogP) is 2.95. The van der Waals surface area contributed by atoms with Crippen LogP contribution in [0.25, 0.3) is 10.9 Å². The molecule has 7 nitrogen and oxygen atoms in total. The number of benzene rings is 2. The van der Waals surface area contributed by atoms with Crippen molar-refractivity contribution < 1.29 is 17.9 Å². The van der Waals surface area contributed by atoms with E-state index in [1.165, 1.54) is 0 Å². The predicted molar refractivity (Wildman–Crippen MR) is 105 cm³/mol. The quantitative estimate of drug-likeness (QED) is 0.627. The fourth-order valence-electron chi connectivity index (χ4n) is 2.94. The van der Waals surface area contributed by atoms with Gasteiger partial charge in [-0.3, -0.25) is 9.52 Å². The molecule has 0 atom stereocenters. The van der Waals surface area contributed by atoms with Crippen LogP contribution in [0.1, 0.15) is 21.6 Å². The number of rotatable bonds is 5. The molecule has 3 aromatic rings. The third-order valence-corrected chi connectivity index (χ3v) is 5.85. The first-order valence-corrected chi connectivity index (χ1v) is 9.76. The minimum Gasteiger partial charge on any atom is -0.496 e.